The van der Waals surface area contributed by atoms with E-state index in [9.17, 15) is 4.79 Å². The molecule has 27 heavy (non-hydrogen) atoms. The number of carbonyl (C=O) groups excluding carboxylic acids is 1. The van der Waals surface area contributed by atoms with Crippen LogP contribution >= 0.6 is 12.4 Å². The second-order valence-electron chi connectivity index (χ2n) is 7.41. The Kier molecular flexibility index (Phi) is 6.12. The highest BCUT2D eigenvalue weighted by Crippen LogP contribution is 2.30. The summed E-state index contributed by atoms with van der Waals surface area (Å²) < 4.78 is 11.7. The van der Waals surface area contributed by atoms with Crippen molar-refractivity contribution in [2.45, 2.75) is 51.8 Å². The molecule has 2 unspecified atom stereocenters. The van der Waals surface area contributed by atoms with Crippen LogP contribution in [-0.2, 0) is 6.61 Å². The molecule has 2 atom stereocenters. The first-order chi connectivity index (χ1) is 12.6. The van der Waals surface area contributed by atoms with Crippen LogP contribution in [0.15, 0.2) is 34.7 Å². The number of rotatable bonds is 4. The van der Waals surface area contributed by atoms with Gasteiger partial charge in [0.1, 0.15) is 18.1 Å². The van der Waals surface area contributed by atoms with E-state index in [1.165, 1.54) is 5.56 Å². The Bertz CT molecular complexity index is 790. The molecule has 2 aliphatic heterocycles. The summed E-state index contributed by atoms with van der Waals surface area (Å²) in [6, 6.07) is 10.3. The summed E-state index contributed by atoms with van der Waals surface area (Å²) >= 11 is 0. The van der Waals surface area contributed by atoms with E-state index in [-0.39, 0.29) is 24.4 Å². The first kappa shape index (κ1) is 19.8. The molecule has 2 bridgehead atoms. The zero-order valence-electron chi connectivity index (χ0n) is 15.9. The van der Waals surface area contributed by atoms with Crippen LogP contribution in [0, 0.1) is 13.8 Å². The summed E-state index contributed by atoms with van der Waals surface area (Å²) in [7, 11) is 0. The Morgan fingerprint density at radius 3 is 2.81 bits per heavy atom. The molecule has 0 saturated carbocycles. The number of amides is 1. The van der Waals surface area contributed by atoms with Gasteiger partial charge in [0.2, 0.25) is 0 Å². The highest BCUT2D eigenvalue weighted by Gasteiger charge is 2.39. The lowest BCUT2D eigenvalue weighted by atomic mass is 10.1. The highest BCUT2D eigenvalue weighted by atomic mass is 35.5. The number of aryl methyl sites for hydroxylation is 2. The van der Waals surface area contributed by atoms with Crippen LogP contribution in [0.5, 0.6) is 5.75 Å². The molecule has 1 N–H and O–H groups in total. The minimum absolute atomic E-state index is 0. The molecule has 2 aromatic rings. The van der Waals surface area contributed by atoms with Gasteiger partial charge in [0.25, 0.3) is 5.91 Å². The fraction of sp³-hybridized carbons (Fsp3) is 0.476. The van der Waals surface area contributed by atoms with E-state index in [0.717, 1.165) is 43.7 Å². The van der Waals surface area contributed by atoms with Crippen molar-refractivity contribution in [1.29, 1.82) is 0 Å². The Balaban J connectivity index is 0.00000210. The van der Waals surface area contributed by atoms with Gasteiger partial charge >= 0.3 is 0 Å². The standard InChI is InChI=1S/C21H26N2O3.ClH/c1-14-3-7-19(15(2)11-14)25-13-18-6-8-20(26-18)21(24)23-16-4-5-17(23)12-22-10-9-16;/h3,6-8,11,16-17,22H,4-5,9-10,12-13H2,1-2H3;1H. The first-order valence-electron chi connectivity index (χ1n) is 9.44. The van der Waals surface area contributed by atoms with Crippen molar-refractivity contribution < 1.29 is 13.9 Å². The third-order valence-electron chi connectivity index (χ3n) is 5.46. The zero-order valence-corrected chi connectivity index (χ0v) is 16.7. The maximum absolute atomic E-state index is 13.0. The van der Waals surface area contributed by atoms with Crippen molar-refractivity contribution >= 4 is 18.3 Å². The summed E-state index contributed by atoms with van der Waals surface area (Å²) in [6.45, 7) is 6.28. The largest absolute Gasteiger partial charge is 0.485 e. The number of fused-ring (bicyclic) bond motifs is 2. The third-order valence-corrected chi connectivity index (χ3v) is 5.46. The van der Waals surface area contributed by atoms with Gasteiger partial charge in [0, 0.05) is 18.6 Å². The van der Waals surface area contributed by atoms with E-state index in [4.69, 9.17) is 9.15 Å². The van der Waals surface area contributed by atoms with Crippen LogP contribution in [-0.4, -0.2) is 36.0 Å². The molecule has 2 saturated heterocycles. The number of carbonyl (C=O) groups is 1. The van der Waals surface area contributed by atoms with Crippen LogP contribution in [0.25, 0.3) is 0 Å². The van der Waals surface area contributed by atoms with E-state index < -0.39 is 0 Å². The Morgan fingerprint density at radius 2 is 2.00 bits per heavy atom. The minimum atomic E-state index is 0. The molecular weight excluding hydrogens is 364 g/mol. The van der Waals surface area contributed by atoms with Gasteiger partial charge in [-0.15, -0.1) is 12.4 Å². The fourth-order valence-corrected chi connectivity index (χ4v) is 4.12. The van der Waals surface area contributed by atoms with E-state index >= 15 is 0 Å². The highest BCUT2D eigenvalue weighted by molar-refractivity contribution is 5.92. The molecule has 5 nitrogen and oxygen atoms in total. The number of nitrogens with zero attached hydrogens (tertiary/aromatic N) is 1. The van der Waals surface area contributed by atoms with E-state index in [1.807, 2.05) is 30.0 Å². The summed E-state index contributed by atoms with van der Waals surface area (Å²) in [5, 5.41) is 3.42. The zero-order chi connectivity index (χ0) is 18.1. The molecule has 3 heterocycles. The van der Waals surface area contributed by atoms with Crippen molar-refractivity contribution in [3.8, 4) is 5.75 Å². The smallest absolute Gasteiger partial charge is 0.290 e. The number of ether oxygens (including phenoxy) is 1. The SMILES string of the molecule is Cc1ccc(OCc2ccc(C(=O)N3C4CCNCC3CC4)o2)c(C)c1.Cl. The average Bonchev–Trinajstić information content (AvgIpc) is 3.17. The van der Waals surface area contributed by atoms with E-state index in [1.54, 1.807) is 6.07 Å². The van der Waals surface area contributed by atoms with Gasteiger partial charge < -0.3 is 19.4 Å². The van der Waals surface area contributed by atoms with Gasteiger partial charge in [0.05, 0.1) is 0 Å². The molecule has 1 amide bonds. The molecule has 2 fully saturated rings. The monoisotopic (exact) mass is 390 g/mol. The number of halogens is 1. The lowest BCUT2D eigenvalue weighted by Crippen LogP contribution is -2.42. The van der Waals surface area contributed by atoms with Crippen LogP contribution in [0.1, 0.15) is 46.7 Å². The molecule has 146 valence electrons. The molecule has 6 heteroatoms. The predicted molar refractivity (Wildman–Crippen MR) is 107 cm³/mol. The molecule has 1 aromatic heterocycles. The molecule has 0 radical (unpaired) electrons. The summed E-state index contributed by atoms with van der Waals surface area (Å²) in [5.74, 6) is 1.95. The quantitative estimate of drug-likeness (QED) is 0.861. The summed E-state index contributed by atoms with van der Waals surface area (Å²) in [6.07, 6.45) is 3.19. The van der Waals surface area contributed by atoms with Gasteiger partial charge in [-0.3, -0.25) is 4.79 Å². The molecule has 2 aliphatic rings. The van der Waals surface area contributed by atoms with E-state index in [0.29, 0.717) is 24.2 Å². The number of hydrogen-bond acceptors (Lipinski definition) is 4. The van der Waals surface area contributed by atoms with Crippen LogP contribution in [0.4, 0.5) is 0 Å². The molecule has 0 spiro atoms. The van der Waals surface area contributed by atoms with Crippen LogP contribution in [0.3, 0.4) is 0 Å². The Hall–Kier alpha value is -1.98. The average molecular weight is 391 g/mol. The van der Waals surface area contributed by atoms with Gasteiger partial charge in [0.15, 0.2) is 5.76 Å². The topological polar surface area (TPSA) is 54.7 Å². The van der Waals surface area contributed by atoms with Gasteiger partial charge in [-0.05, 0) is 63.4 Å². The third kappa shape index (κ3) is 4.14. The summed E-state index contributed by atoms with van der Waals surface area (Å²) in [5.41, 5.74) is 2.31. The number of benzene rings is 1. The van der Waals surface area contributed by atoms with Crippen molar-refractivity contribution in [2.24, 2.45) is 0 Å². The summed E-state index contributed by atoms with van der Waals surface area (Å²) in [4.78, 5) is 15.0. The predicted octanol–water partition coefficient (Wildman–Crippen LogP) is 3.86. The maximum Gasteiger partial charge on any atom is 0.290 e. The first-order valence-corrected chi connectivity index (χ1v) is 9.44. The van der Waals surface area contributed by atoms with Gasteiger partial charge in [-0.1, -0.05) is 17.7 Å². The van der Waals surface area contributed by atoms with Crippen LogP contribution in [0.2, 0.25) is 0 Å². The second-order valence-corrected chi connectivity index (χ2v) is 7.41. The van der Waals surface area contributed by atoms with Crippen molar-refractivity contribution in [1.82, 2.24) is 10.2 Å². The normalized spacial score (nSPS) is 21.5. The lowest BCUT2D eigenvalue weighted by Gasteiger charge is -2.26. The molecule has 0 aliphatic carbocycles. The maximum atomic E-state index is 13.0. The molecule has 4 rings (SSSR count). The van der Waals surface area contributed by atoms with Gasteiger partial charge in [-0.25, -0.2) is 0 Å². The minimum Gasteiger partial charge on any atom is -0.485 e. The van der Waals surface area contributed by atoms with Crippen LogP contribution < -0.4 is 10.1 Å². The van der Waals surface area contributed by atoms with Gasteiger partial charge in [-0.2, -0.15) is 0 Å². The number of hydrogen-bond donors (Lipinski definition) is 1. The number of nitrogens with one attached hydrogen (secondary N) is 1. The molecular formula is C21H27ClN2O3. The Labute approximate surface area is 166 Å². The second kappa shape index (κ2) is 8.36. The van der Waals surface area contributed by atoms with E-state index in [2.05, 4.69) is 18.3 Å². The molecule has 1 aromatic carbocycles. The number of furan rings is 1. The Morgan fingerprint density at radius 1 is 1.19 bits per heavy atom. The van der Waals surface area contributed by atoms with Crippen molar-refractivity contribution in [3.05, 3.63) is 53.0 Å². The lowest BCUT2D eigenvalue weighted by molar-refractivity contribution is 0.0643. The van der Waals surface area contributed by atoms with Crippen molar-refractivity contribution in [3.63, 3.8) is 0 Å². The fourth-order valence-electron chi connectivity index (χ4n) is 4.12. The van der Waals surface area contributed by atoms with Crippen molar-refractivity contribution in [2.75, 3.05) is 13.1 Å².